The molecule has 0 aromatic heterocycles. The first-order valence-electron chi connectivity index (χ1n) is 5.50. The zero-order valence-corrected chi connectivity index (χ0v) is 8.88. The summed E-state index contributed by atoms with van der Waals surface area (Å²) in [5, 5.41) is 0. The number of ketones is 1. The molecule has 1 aliphatic heterocycles. The second-order valence-corrected chi connectivity index (χ2v) is 4.78. The van der Waals surface area contributed by atoms with Gasteiger partial charge in [-0.05, 0) is 24.5 Å². The highest BCUT2D eigenvalue weighted by molar-refractivity contribution is 6.04. The second kappa shape index (κ2) is 2.84. The molecular formula is C13H14O2. The molecule has 1 aliphatic carbocycles. The summed E-state index contributed by atoms with van der Waals surface area (Å²) in [4.78, 5) is 12.2. The fraction of sp³-hybridized carbons (Fsp3) is 0.462. The summed E-state index contributed by atoms with van der Waals surface area (Å²) in [6.45, 7) is 2.76. The first-order valence-corrected chi connectivity index (χ1v) is 5.50. The van der Waals surface area contributed by atoms with Gasteiger partial charge in [-0.3, -0.25) is 4.79 Å². The van der Waals surface area contributed by atoms with Crippen LogP contribution < -0.4 is 4.74 Å². The van der Waals surface area contributed by atoms with E-state index in [0.717, 1.165) is 37.2 Å². The molecule has 2 nitrogen and oxygen atoms in total. The minimum atomic E-state index is -0.0962. The first kappa shape index (κ1) is 8.96. The Morgan fingerprint density at radius 2 is 2.20 bits per heavy atom. The smallest absolute Gasteiger partial charge is 0.172 e. The van der Waals surface area contributed by atoms with Crippen LogP contribution in [-0.4, -0.2) is 12.4 Å². The molecule has 1 fully saturated rings. The molecule has 0 unspecified atom stereocenters. The van der Waals surface area contributed by atoms with Crippen LogP contribution in [0.4, 0.5) is 0 Å². The van der Waals surface area contributed by atoms with E-state index in [2.05, 4.69) is 0 Å². The highest BCUT2D eigenvalue weighted by atomic mass is 16.5. The molecule has 0 saturated heterocycles. The first-order chi connectivity index (χ1) is 7.21. The standard InChI is InChI=1S/C13H14O2/c1-13(6-7-13)12(14)10-4-2-3-9-5-8-15-11(9)10/h2-4H,5-8H2,1H3. The summed E-state index contributed by atoms with van der Waals surface area (Å²) in [5.74, 6) is 1.11. The Balaban J connectivity index is 2.05. The quantitative estimate of drug-likeness (QED) is 0.689. The van der Waals surface area contributed by atoms with Crippen molar-refractivity contribution in [3.05, 3.63) is 29.3 Å². The molecule has 1 saturated carbocycles. The van der Waals surface area contributed by atoms with Crippen LogP contribution in [0.15, 0.2) is 18.2 Å². The van der Waals surface area contributed by atoms with Crippen molar-refractivity contribution < 1.29 is 9.53 Å². The zero-order chi connectivity index (χ0) is 10.5. The van der Waals surface area contributed by atoms with Crippen LogP contribution in [0.5, 0.6) is 5.75 Å². The summed E-state index contributed by atoms with van der Waals surface area (Å²) in [5.41, 5.74) is 1.89. The van der Waals surface area contributed by atoms with Crippen LogP contribution in [0.25, 0.3) is 0 Å². The number of hydrogen-bond donors (Lipinski definition) is 0. The lowest BCUT2D eigenvalue weighted by atomic mass is 9.94. The minimum absolute atomic E-state index is 0.0962. The Kier molecular flexibility index (Phi) is 1.70. The third-order valence-corrected chi connectivity index (χ3v) is 3.51. The van der Waals surface area contributed by atoms with E-state index in [9.17, 15) is 4.79 Å². The van der Waals surface area contributed by atoms with Crippen molar-refractivity contribution in [3.8, 4) is 5.75 Å². The van der Waals surface area contributed by atoms with Crippen LogP contribution >= 0.6 is 0 Å². The molecule has 2 heteroatoms. The van der Waals surface area contributed by atoms with Gasteiger partial charge in [-0.15, -0.1) is 0 Å². The molecule has 1 heterocycles. The van der Waals surface area contributed by atoms with Gasteiger partial charge in [0.15, 0.2) is 5.78 Å². The zero-order valence-electron chi connectivity index (χ0n) is 8.88. The van der Waals surface area contributed by atoms with Crippen molar-refractivity contribution in [1.29, 1.82) is 0 Å². The van der Waals surface area contributed by atoms with Gasteiger partial charge in [-0.25, -0.2) is 0 Å². The van der Waals surface area contributed by atoms with Gasteiger partial charge in [0.25, 0.3) is 0 Å². The van der Waals surface area contributed by atoms with Gasteiger partial charge in [0.05, 0.1) is 12.2 Å². The van der Waals surface area contributed by atoms with E-state index < -0.39 is 0 Å². The van der Waals surface area contributed by atoms with Crippen LogP contribution in [0.3, 0.4) is 0 Å². The summed E-state index contributed by atoms with van der Waals surface area (Å²) >= 11 is 0. The Hall–Kier alpha value is -1.31. The number of carbonyl (C=O) groups excluding carboxylic acids is 1. The van der Waals surface area contributed by atoms with E-state index in [1.807, 2.05) is 25.1 Å². The summed E-state index contributed by atoms with van der Waals surface area (Å²) in [6.07, 6.45) is 2.98. The fourth-order valence-corrected chi connectivity index (χ4v) is 2.13. The highest BCUT2D eigenvalue weighted by Gasteiger charge is 2.46. The fourth-order valence-electron chi connectivity index (χ4n) is 2.13. The number of fused-ring (bicyclic) bond motifs is 1. The van der Waals surface area contributed by atoms with E-state index >= 15 is 0 Å². The largest absolute Gasteiger partial charge is 0.492 e. The van der Waals surface area contributed by atoms with Crippen molar-refractivity contribution in [3.63, 3.8) is 0 Å². The van der Waals surface area contributed by atoms with Crippen molar-refractivity contribution >= 4 is 5.78 Å². The maximum Gasteiger partial charge on any atom is 0.172 e. The van der Waals surface area contributed by atoms with Gasteiger partial charge in [-0.2, -0.15) is 0 Å². The number of benzene rings is 1. The lowest BCUT2D eigenvalue weighted by Gasteiger charge is -2.10. The van der Waals surface area contributed by atoms with E-state index in [1.54, 1.807) is 0 Å². The Morgan fingerprint density at radius 3 is 2.93 bits per heavy atom. The molecule has 0 bridgehead atoms. The Labute approximate surface area is 89.2 Å². The molecule has 0 N–H and O–H groups in total. The van der Waals surface area contributed by atoms with Gasteiger partial charge in [0, 0.05) is 11.8 Å². The second-order valence-electron chi connectivity index (χ2n) is 4.78. The maximum atomic E-state index is 12.2. The van der Waals surface area contributed by atoms with Crippen LogP contribution in [0.2, 0.25) is 0 Å². The SMILES string of the molecule is CC1(C(=O)c2cccc3c2OCC3)CC1. The van der Waals surface area contributed by atoms with Crippen LogP contribution in [-0.2, 0) is 6.42 Å². The molecule has 1 aromatic carbocycles. The number of carbonyl (C=O) groups is 1. The molecule has 15 heavy (non-hydrogen) atoms. The van der Waals surface area contributed by atoms with E-state index in [4.69, 9.17) is 4.74 Å². The maximum absolute atomic E-state index is 12.2. The van der Waals surface area contributed by atoms with Gasteiger partial charge in [0.1, 0.15) is 5.75 Å². The number of ether oxygens (including phenoxy) is 1. The summed E-state index contributed by atoms with van der Waals surface area (Å²) in [6, 6.07) is 5.91. The van der Waals surface area contributed by atoms with E-state index in [-0.39, 0.29) is 11.2 Å². The molecule has 0 amide bonds. The minimum Gasteiger partial charge on any atom is -0.492 e. The number of para-hydroxylation sites is 1. The van der Waals surface area contributed by atoms with Crippen LogP contribution in [0.1, 0.15) is 35.7 Å². The van der Waals surface area contributed by atoms with Crippen molar-refractivity contribution in [1.82, 2.24) is 0 Å². The third-order valence-electron chi connectivity index (χ3n) is 3.51. The molecule has 0 spiro atoms. The molecule has 3 rings (SSSR count). The van der Waals surface area contributed by atoms with E-state index in [1.165, 1.54) is 5.56 Å². The molecule has 2 aliphatic rings. The lowest BCUT2D eigenvalue weighted by molar-refractivity contribution is 0.0909. The predicted molar refractivity (Wildman–Crippen MR) is 57.3 cm³/mol. The monoisotopic (exact) mass is 202 g/mol. The average molecular weight is 202 g/mol. The van der Waals surface area contributed by atoms with Gasteiger partial charge in [-0.1, -0.05) is 19.1 Å². The van der Waals surface area contributed by atoms with E-state index in [0.29, 0.717) is 0 Å². The Morgan fingerprint density at radius 1 is 1.40 bits per heavy atom. The molecule has 78 valence electrons. The predicted octanol–water partition coefficient (Wildman–Crippen LogP) is 2.60. The molecule has 0 atom stereocenters. The average Bonchev–Trinajstić information content (AvgIpc) is 2.82. The number of Topliss-reactive ketones (excluding diaryl/α,β-unsaturated/α-hetero) is 1. The highest BCUT2D eigenvalue weighted by Crippen LogP contribution is 2.49. The topological polar surface area (TPSA) is 26.3 Å². The summed E-state index contributed by atoms with van der Waals surface area (Å²) in [7, 11) is 0. The normalized spacial score (nSPS) is 20.6. The van der Waals surface area contributed by atoms with Crippen molar-refractivity contribution in [2.45, 2.75) is 26.2 Å². The third kappa shape index (κ3) is 1.28. The van der Waals surface area contributed by atoms with Gasteiger partial charge < -0.3 is 4.74 Å². The number of rotatable bonds is 2. The molecular weight excluding hydrogens is 188 g/mol. The number of hydrogen-bond acceptors (Lipinski definition) is 2. The molecule has 1 aromatic rings. The van der Waals surface area contributed by atoms with Gasteiger partial charge in [0.2, 0.25) is 0 Å². The van der Waals surface area contributed by atoms with Crippen molar-refractivity contribution in [2.24, 2.45) is 5.41 Å². The Bertz CT molecular complexity index is 430. The summed E-state index contributed by atoms with van der Waals surface area (Å²) < 4.78 is 5.55. The lowest BCUT2D eigenvalue weighted by Crippen LogP contribution is -2.12. The van der Waals surface area contributed by atoms with Crippen molar-refractivity contribution in [2.75, 3.05) is 6.61 Å². The molecule has 0 radical (unpaired) electrons. The van der Waals surface area contributed by atoms with Gasteiger partial charge >= 0.3 is 0 Å². The van der Waals surface area contributed by atoms with Crippen LogP contribution in [0, 0.1) is 5.41 Å².